The van der Waals surface area contributed by atoms with Gasteiger partial charge in [-0.25, -0.2) is 0 Å². The molecule has 2 bridgehead atoms. The predicted molar refractivity (Wildman–Crippen MR) is 61.2 cm³/mol. The number of carbonyl (C=O) groups is 1. The van der Waals surface area contributed by atoms with Gasteiger partial charge in [0.05, 0.1) is 18.0 Å². The van der Waals surface area contributed by atoms with Gasteiger partial charge in [-0.1, -0.05) is 0 Å². The Morgan fingerprint density at radius 2 is 2.12 bits per heavy atom. The Bertz CT molecular complexity index is 430. The van der Waals surface area contributed by atoms with E-state index in [9.17, 15) is 9.90 Å². The number of anilines is 1. The van der Waals surface area contributed by atoms with Gasteiger partial charge in [-0.3, -0.25) is 9.89 Å². The monoisotopic (exact) mass is 236 g/mol. The van der Waals surface area contributed by atoms with Crippen molar-refractivity contribution in [3.05, 3.63) is 11.9 Å². The van der Waals surface area contributed by atoms with E-state index in [1.54, 1.807) is 0 Å². The van der Waals surface area contributed by atoms with Crippen LogP contribution < -0.4 is 5.73 Å². The molecular formula is C11H16N4O2. The van der Waals surface area contributed by atoms with Crippen LogP contribution in [-0.4, -0.2) is 44.3 Å². The highest BCUT2D eigenvalue weighted by Gasteiger charge is 2.43. The third-order valence-corrected chi connectivity index (χ3v) is 3.83. The summed E-state index contributed by atoms with van der Waals surface area (Å²) < 4.78 is 0. The fraction of sp³-hybridized carbons (Fsp3) is 0.636. The smallest absolute Gasteiger partial charge is 0.274 e. The number of aliphatic hydroxyl groups excluding tert-OH is 1. The first-order chi connectivity index (χ1) is 8.16. The largest absolute Gasteiger partial charge is 0.396 e. The minimum absolute atomic E-state index is 0.0839. The summed E-state index contributed by atoms with van der Waals surface area (Å²) in [6, 6.07) is 0.304. The van der Waals surface area contributed by atoms with Gasteiger partial charge in [0.15, 0.2) is 0 Å². The lowest BCUT2D eigenvalue weighted by Gasteiger charge is -2.36. The molecule has 3 rings (SSSR count). The second kappa shape index (κ2) is 3.73. The number of hydrogen-bond acceptors (Lipinski definition) is 4. The molecular weight excluding hydrogens is 220 g/mol. The molecule has 1 aromatic heterocycles. The number of aromatic nitrogens is 2. The standard InChI is InChI=1S/C11H16N4O2/c12-9-5-13-14-10(9)11(17)15-6-1-2-7(15)4-8(16)3-6/h5-8,16H,1-4,12H2,(H,13,14). The van der Waals surface area contributed by atoms with Crippen LogP contribution in [0.5, 0.6) is 0 Å². The Labute approximate surface area is 98.8 Å². The number of aromatic amines is 1. The van der Waals surface area contributed by atoms with Crippen molar-refractivity contribution in [3.63, 3.8) is 0 Å². The molecule has 1 amide bonds. The molecule has 1 aromatic rings. The quantitative estimate of drug-likeness (QED) is 0.645. The molecule has 0 radical (unpaired) electrons. The molecule has 6 heteroatoms. The van der Waals surface area contributed by atoms with Crippen LogP contribution >= 0.6 is 0 Å². The third kappa shape index (κ3) is 1.59. The summed E-state index contributed by atoms with van der Waals surface area (Å²) in [5.41, 5.74) is 6.46. The second-order valence-electron chi connectivity index (χ2n) is 4.92. The number of piperidine rings is 1. The number of fused-ring (bicyclic) bond motifs is 2. The Kier molecular flexibility index (Phi) is 2.32. The summed E-state index contributed by atoms with van der Waals surface area (Å²) in [6.07, 6.45) is 4.49. The first-order valence-electron chi connectivity index (χ1n) is 5.96. The maximum atomic E-state index is 12.3. The van der Waals surface area contributed by atoms with Crippen molar-refractivity contribution in [1.29, 1.82) is 0 Å². The van der Waals surface area contributed by atoms with E-state index in [4.69, 9.17) is 5.73 Å². The Hall–Kier alpha value is -1.56. The van der Waals surface area contributed by atoms with E-state index in [2.05, 4.69) is 10.2 Å². The Morgan fingerprint density at radius 1 is 1.47 bits per heavy atom. The molecule has 3 heterocycles. The van der Waals surface area contributed by atoms with Crippen LogP contribution in [0.25, 0.3) is 0 Å². The van der Waals surface area contributed by atoms with E-state index in [1.165, 1.54) is 6.20 Å². The van der Waals surface area contributed by atoms with Crippen molar-refractivity contribution < 1.29 is 9.90 Å². The van der Waals surface area contributed by atoms with Gasteiger partial charge in [-0.15, -0.1) is 0 Å². The Balaban J connectivity index is 1.86. The molecule has 2 aliphatic rings. The van der Waals surface area contributed by atoms with E-state index in [-0.39, 0.29) is 24.1 Å². The van der Waals surface area contributed by atoms with Gasteiger partial charge in [0.1, 0.15) is 5.69 Å². The van der Waals surface area contributed by atoms with Crippen molar-refractivity contribution >= 4 is 11.6 Å². The number of nitrogens with one attached hydrogen (secondary N) is 1. The fourth-order valence-corrected chi connectivity index (χ4v) is 3.08. The molecule has 2 saturated heterocycles. The van der Waals surface area contributed by atoms with Crippen molar-refractivity contribution in [1.82, 2.24) is 15.1 Å². The molecule has 4 N–H and O–H groups in total. The van der Waals surface area contributed by atoms with Gasteiger partial charge in [-0.05, 0) is 25.7 Å². The highest BCUT2D eigenvalue weighted by atomic mass is 16.3. The van der Waals surface area contributed by atoms with Crippen molar-refractivity contribution in [3.8, 4) is 0 Å². The minimum atomic E-state index is -0.268. The summed E-state index contributed by atoms with van der Waals surface area (Å²) in [5, 5.41) is 16.1. The van der Waals surface area contributed by atoms with Gasteiger partial charge < -0.3 is 15.7 Å². The average Bonchev–Trinajstić information content (AvgIpc) is 2.81. The lowest BCUT2D eigenvalue weighted by molar-refractivity contribution is 0.0283. The highest BCUT2D eigenvalue weighted by molar-refractivity contribution is 5.97. The number of nitrogen functional groups attached to an aromatic ring is 1. The first-order valence-corrected chi connectivity index (χ1v) is 5.96. The molecule has 17 heavy (non-hydrogen) atoms. The van der Waals surface area contributed by atoms with Crippen molar-refractivity contribution in [2.75, 3.05) is 5.73 Å². The van der Waals surface area contributed by atoms with Gasteiger partial charge >= 0.3 is 0 Å². The fourth-order valence-electron chi connectivity index (χ4n) is 3.08. The topological polar surface area (TPSA) is 95.2 Å². The SMILES string of the molecule is Nc1cn[nH]c1C(=O)N1C2CCC1CC(O)C2. The number of H-pyrrole nitrogens is 1. The number of aliphatic hydroxyl groups is 1. The van der Waals surface area contributed by atoms with Gasteiger partial charge in [-0.2, -0.15) is 5.10 Å². The molecule has 0 spiro atoms. The van der Waals surface area contributed by atoms with Gasteiger partial charge in [0.2, 0.25) is 0 Å². The van der Waals surface area contributed by atoms with E-state index >= 15 is 0 Å². The second-order valence-corrected chi connectivity index (χ2v) is 4.92. The maximum Gasteiger partial charge on any atom is 0.274 e. The van der Waals surface area contributed by atoms with Crippen LogP contribution in [0.1, 0.15) is 36.2 Å². The summed E-state index contributed by atoms with van der Waals surface area (Å²) in [5.74, 6) is -0.0839. The number of amides is 1. The summed E-state index contributed by atoms with van der Waals surface area (Å²) in [7, 11) is 0. The van der Waals surface area contributed by atoms with Crippen LogP contribution in [0.4, 0.5) is 5.69 Å². The zero-order valence-corrected chi connectivity index (χ0v) is 9.47. The number of rotatable bonds is 1. The van der Waals surface area contributed by atoms with E-state index in [0.29, 0.717) is 24.2 Å². The van der Waals surface area contributed by atoms with Crippen LogP contribution in [0.2, 0.25) is 0 Å². The third-order valence-electron chi connectivity index (χ3n) is 3.83. The molecule has 0 aromatic carbocycles. The zero-order valence-electron chi connectivity index (χ0n) is 9.47. The molecule has 2 unspecified atom stereocenters. The van der Waals surface area contributed by atoms with Crippen molar-refractivity contribution in [2.45, 2.75) is 43.9 Å². The van der Waals surface area contributed by atoms with Crippen molar-refractivity contribution in [2.24, 2.45) is 0 Å². The van der Waals surface area contributed by atoms with Crippen LogP contribution in [0.15, 0.2) is 6.20 Å². The summed E-state index contributed by atoms with van der Waals surface area (Å²) >= 11 is 0. The van der Waals surface area contributed by atoms with Gasteiger partial charge in [0.25, 0.3) is 5.91 Å². The molecule has 0 saturated carbocycles. The van der Waals surface area contributed by atoms with Crippen LogP contribution in [0.3, 0.4) is 0 Å². The molecule has 92 valence electrons. The molecule has 2 atom stereocenters. The zero-order chi connectivity index (χ0) is 12.0. The first kappa shape index (κ1) is 10.6. The summed E-state index contributed by atoms with van der Waals surface area (Å²) in [6.45, 7) is 0. The number of nitrogens with two attached hydrogens (primary N) is 1. The van der Waals surface area contributed by atoms with E-state index < -0.39 is 0 Å². The lowest BCUT2D eigenvalue weighted by Crippen LogP contribution is -2.48. The molecule has 2 aliphatic heterocycles. The average molecular weight is 236 g/mol. The lowest BCUT2D eigenvalue weighted by atomic mass is 9.99. The van der Waals surface area contributed by atoms with E-state index in [0.717, 1.165) is 12.8 Å². The highest BCUT2D eigenvalue weighted by Crippen LogP contribution is 2.36. The summed E-state index contributed by atoms with van der Waals surface area (Å²) in [4.78, 5) is 14.2. The maximum absolute atomic E-state index is 12.3. The van der Waals surface area contributed by atoms with Crippen LogP contribution in [-0.2, 0) is 0 Å². The van der Waals surface area contributed by atoms with E-state index in [1.807, 2.05) is 4.90 Å². The Morgan fingerprint density at radius 3 is 2.65 bits per heavy atom. The molecule has 0 aliphatic carbocycles. The minimum Gasteiger partial charge on any atom is -0.396 e. The number of nitrogens with zero attached hydrogens (tertiary/aromatic N) is 2. The number of carbonyl (C=O) groups excluding carboxylic acids is 1. The van der Waals surface area contributed by atoms with Gasteiger partial charge in [0, 0.05) is 12.1 Å². The normalized spacial score (nSPS) is 31.8. The van der Waals surface area contributed by atoms with Crippen LogP contribution in [0, 0.1) is 0 Å². The molecule has 6 nitrogen and oxygen atoms in total. The predicted octanol–water partition coefficient (Wildman–Crippen LogP) is 0.120. The number of hydrogen-bond donors (Lipinski definition) is 3. The molecule has 2 fully saturated rings.